The van der Waals surface area contributed by atoms with Gasteiger partial charge >= 0.3 is 37.9 Å². The summed E-state index contributed by atoms with van der Waals surface area (Å²) in [6.45, 7) is 8.98. The van der Waals surface area contributed by atoms with Crippen LogP contribution < -0.4 is 10.4 Å². The third kappa shape index (κ3) is 10.4. The van der Waals surface area contributed by atoms with Crippen molar-refractivity contribution in [1.29, 1.82) is 0 Å². The van der Waals surface area contributed by atoms with Crippen molar-refractivity contribution in [1.82, 2.24) is 0 Å². The van der Waals surface area contributed by atoms with E-state index in [0.29, 0.717) is 0 Å². The van der Waals surface area contributed by atoms with Crippen LogP contribution in [0.4, 0.5) is 0 Å². The normalized spacial score (nSPS) is 11.1. The second-order valence-corrected chi connectivity index (χ2v) is 21.4. The number of rotatable bonds is 8. The van der Waals surface area contributed by atoms with Crippen LogP contribution in [0, 0.1) is 6.07 Å². The molecule has 0 aromatic heterocycles. The Balaban J connectivity index is 0.000000136. The van der Waals surface area contributed by atoms with Crippen molar-refractivity contribution in [2.75, 3.05) is 0 Å². The molecule has 0 N–H and O–H groups in total. The van der Waals surface area contributed by atoms with Gasteiger partial charge in [-0.15, -0.1) is 74.6 Å². The Kier molecular flexibility index (Phi) is 16.4. The largest absolute Gasteiger partial charge is 0.184 e. The van der Waals surface area contributed by atoms with Gasteiger partial charge in [0.2, 0.25) is 0 Å². The number of hydrogen-bond donors (Lipinski definition) is 0. The SMILES string of the molecule is CCc1ccccc1-c1c(CC)ccc2[cH-]c(-c3ccccc3)cc12.CCc1ccccc1-c1c(CC)ccc2[cH-]c(-c3ccccc3)cc12.[Cl][Zr][Cl].[c-]1cccc2c1[Si]c1ccccc1-2. The van der Waals surface area contributed by atoms with E-state index in [-0.39, 0.29) is 0 Å². The molecule has 1 heterocycles. The third-order valence-corrected chi connectivity index (χ3v) is 14.0. The molecule has 0 fully saturated rings. The van der Waals surface area contributed by atoms with Crippen molar-refractivity contribution in [3.8, 4) is 55.6 Å². The van der Waals surface area contributed by atoms with Crippen LogP contribution in [-0.4, -0.2) is 9.52 Å². The summed E-state index contributed by atoms with van der Waals surface area (Å²) in [5.74, 6) is 0. The van der Waals surface area contributed by atoms with Gasteiger partial charge in [-0.1, -0.05) is 206 Å². The molecular formula is C62H53Cl2SiZr-3. The zero-order valence-corrected chi connectivity index (χ0v) is 43.1. The third-order valence-electron chi connectivity index (χ3n) is 12.6. The van der Waals surface area contributed by atoms with E-state index in [2.05, 4.69) is 228 Å². The average Bonchev–Trinajstić information content (AvgIpc) is 4.13. The molecule has 0 saturated heterocycles. The van der Waals surface area contributed by atoms with Crippen LogP contribution in [0.25, 0.3) is 77.2 Å². The van der Waals surface area contributed by atoms with Gasteiger partial charge in [-0.05, 0) is 59.1 Å². The fourth-order valence-electron chi connectivity index (χ4n) is 9.35. The zero-order chi connectivity index (χ0) is 45.8. The average molecular weight is 988 g/mol. The van der Waals surface area contributed by atoms with Gasteiger partial charge in [-0.3, -0.25) is 0 Å². The maximum absolute atomic E-state index is 4.93. The minimum absolute atomic E-state index is 0.795. The molecule has 0 spiro atoms. The van der Waals surface area contributed by atoms with Crippen molar-refractivity contribution in [2.45, 2.75) is 53.4 Å². The van der Waals surface area contributed by atoms with E-state index in [1.807, 2.05) is 6.07 Å². The Bertz CT molecular complexity index is 2950. The fraction of sp³-hybridized carbons (Fsp3) is 0.129. The van der Waals surface area contributed by atoms with Crippen LogP contribution in [0.5, 0.6) is 0 Å². The van der Waals surface area contributed by atoms with Crippen LogP contribution in [0.3, 0.4) is 0 Å². The van der Waals surface area contributed by atoms with Crippen molar-refractivity contribution in [3.05, 3.63) is 229 Å². The fourth-order valence-corrected chi connectivity index (χ4v) is 10.7. The molecule has 0 amide bonds. The maximum Gasteiger partial charge on any atom is 0.0920 e. The quantitative estimate of drug-likeness (QED) is 0.105. The topological polar surface area (TPSA) is 0 Å². The molecule has 10 aromatic carbocycles. The molecule has 4 heteroatoms. The van der Waals surface area contributed by atoms with Gasteiger partial charge in [0.05, 0.1) is 9.52 Å². The van der Waals surface area contributed by atoms with Crippen LogP contribution >= 0.6 is 17.0 Å². The summed E-state index contributed by atoms with van der Waals surface area (Å²) in [4.78, 5) is 0. The molecule has 0 bridgehead atoms. The number of hydrogen-bond acceptors (Lipinski definition) is 0. The molecule has 0 aliphatic carbocycles. The first-order chi connectivity index (χ1) is 32.5. The van der Waals surface area contributed by atoms with E-state index >= 15 is 0 Å². The molecule has 326 valence electrons. The molecule has 10 aromatic rings. The van der Waals surface area contributed by atoms with Crippen molar-refractivity contribution in [3.63, 3.8) is 0 Å². The molecule has 1 aliphatic rings. The second-order valence-electron chi connectivity index (χ2n) is 16.4. The smallest absolute Gasteiger partial charge is 0.0920 e. The molecule has 0 unspecified atom stereocenters. The Morgan fingerprint density at radius 1 is 0.439 bits per heavy atom. The van der Waals surface area contributed by atoms with Gasteiger partial charge in [-0.25, -0.2) is 0 Å². The van der Waals surface area contributed by atoms with Crippen LogP contribution in [0.2, 0.25) is 0 Å². The number of aryl methyl sites for hydroxylation is 4. The van der Waals surface area contributed by atoms with E-state index in [0.717, 1.165) is 35.2 Å². The van der Waals surface area contributed by atoms with Crippen molar-refractivity contribution >= 4 is 58.5 Å². The minimum atomic E-state index is -0.826. The summed E-state index contributed by atoms with van der Waals surface area (Å²) in [5, 5.41) is 8.23. The van der Waals surface area contributed by atoms with Crippen molar-refractivity contribution in [2.24, 2.45) is 0 Å². The Hall–Kier alpha value is -5.34. The van der Waals surface area contributed by atoms with E-state index in [1.54, 1.807) is 0 Å². The van der Waals surface area contributed by atoms with Crippen LogP contribution in [0.1, 0.15) is 49.9 Å². The molecule has 0 nitrogen and oxygen atoms in total. The molecule has 0 saturated carbocycles. The Morgan fingerprint density at radius 2 is 0.848 bits per heavy atom. The van der Waals surface area contributed by atoms with E-state index in [9.17, 15) is 0 Å². The minimum Gasteiger partial charge on any atom is -0.184 e. The Labute approximate surface area is 413 Å². The number of fused-ring (bicyclic) bond motifs is 5. The van der Waals surface area contributed by atoms with E-state index in [4.69, 9.17) is 17.0 Å². The summed E-state index contributed by atoms with van der Waals surface area (Å²) < 4.78 is 0. The molecular weight excluding hydrogens is 935 g/mol. The molecule has 1 aliphatic heterocycles. The first-order valence-electron chi connectivity index (χ1n) is 23.0. The number of benzene rings is 8. The zero-order valence-electron chi connectivity index (χ0n) is 38.1. The second kappa shape index (κ2) is 22.9. The first kappa shape index (κ1) is 47.2. The van der Waals surface area contributed by atoms with Gasteiger partial charge in [-0.2, -0.15) is 29.5 Å². The van der Waals surface area contributed by atoms with Gasteiger partial charge in [0.15, 0.2) is 0 Å². The summed E-state index contributed by atoms with van der Waals surface area (Å²) in [5.41, 5.74) is 19.3. The van der Waals surface area contributed by atoms with Crippen LogP contribution in [-0.2, 0) is 46.5 Å². The van der Waals surface area contributed by atoms with E-state index < -0.39 is 20.8 Å². The van der Waals surface area contributed by atoms with Crippen LogP contribution in [0.15, 0.2) is 200 Å². The van der Waals surface area contributed by atoms with Gasteiger partial charge < -0.3 is 0 Å². The van der Waals surface area contributed by atoms with Gasteiger partial charge in [0.25, 0.3) is 0 Å². The summed E-state index contributed by atoms with van der Waals surface area (Å²) in [7, 11) is 10.7. The predicted octanol–water partition coefficient (Wildman–Crippen LogP) is 16.5. The summed E-state index contributed by atoms with van der Waals surface area (Å²) >= 11 is -0.826. The molecule has 2 radical (unpaired) electrons. The maximum atomic E-state index is 4.93. The monoisotopic (exact) mass is 985 g/mol. The molecule has 0 atom stereocenters. The molecule has 11 rings (SSSR count). The standard InChI is InChI=1S/2C25H23.C12H7Si.2ClH.Zr/c2*1-3-18-10-8-9-13-23(18)25-19(4-2)14-15-21-16-22(17-24(21)25)20-11-6-5-7-12-20;1-3-7-11-9(5-1)10-6-2-4-8-12(10)13-11;;;/h2*5-17H,3-4H2,1-2H3;1-7H;2*1H;/q3*-1;;;+2/p-2. The van der Waals surface area contributed by atoms with Gasteiger partial charge in [0, 0.05) is 0 Å². The van der Waals surface area contributed by atoms with Gasteiger partial charge in [0.1, 0.15) is 0 Å². The number of halogens is 2. The van der Waals surface area contributed by atoms with Crippen molar-refractivity contribution < 1.29 is 20.8 Å². The summed E-state index contributed by atoms with van der Waals surface area (Å²) in [6.07, 6.45) is 4.22. The Morgan fingerprint density at radius 3 is 1.32 bits per heavy atom. The predicted molar refractivity (Wildman–Crippen MR) is 286 cm³/mol. The van der Waals surface area contributed by atoms with E-state index in [1.165, 1.54) is 110 Å². The molecule has 66 heavy (non-hydrogen) atoms. The first-order valence-corrected chi connectivity index (χ1v) is 30.4. The summed E-state index contributed by atoms with van der Waals surface area (Å²) in [6, 6.07) is 75.7.